The van der Waals surface area contributed by atoms with Crippen LogP contribution in [0.2, 0.25) is 0 Å². The van der Waals surface area contributed by atoms with E-state index >= 15 is 0 Å². The van der Waals surface area contributed by atoms with E-state index in [9.17, 15) is 17.6 Å². The number of anilines is 1. The maximum Gasteiger partial charge on any atom is 0.253 e. The van der Waals surface area contributed by atoms with E-state index in [1.807, 2.05) is 6.92 Å². The molecule has 0 aliphatic heterocycles. The van der Waals surface area contributed by atoms with Gasteiger partial charge in [-0.3, -0.25) is 0 Å². The minimum Gasteiger partial charge on any atom is -0.372 e. The summed E-state index contributed by atoms with van der Waals surface area (Å²) >= 11 is 1.40. The van der Waals surface area contributed by atoms with Crippen LogP contribution in [0.25, 0.3) is 0 Å². The number of halogens is 4. The summed E-state index contributed by atoms with van der Waals surface area (Å²) in [6.45, 7) is 3.51. The fourth-order valence-electron chi connectivity index (χ4n) is 1.59. The first-order valence-corrected chi connectivity index (χ1v) is 6.72. The Hall–Kier alpha value is -1.70. The Balaban J connectivity index is 2.30. The standard InChI is InChI=1S/C12H11F4N3S/c1-3-7-18-6(4-20-7)5(2)17-10-8(13)11(15)19-12(16)9(10)14/h4-5H,3H2,1-2H3,(H,17,19). The average Bonchev–Trinajstić information content (AvgIpc) is 2.90. The van der Waals surface area contributed by atoms with Crippen molar-refractivity contribution < 1.29 is 17.6 Å². The molecule has 0 bridgehead atoms. The molecule has 1 unspecified atom stereocenters. The van der Waals surface area contributed by atoms with Gasteiger partial charge in [0.05, 0.1) is 16.7 Å². The first-order valence-electron chi connectivity index (χ1n) is 5.84. The Labute approximate surface area is 116 Å². The molecule has 2 aromatic rings. The molecule has 108 valence electrons. The van der Waals surface area contributed by atoms with Crippen molar-refractivity contribution in [3.8, 4) is 0 Å². The zero-order valence-corrected chi connectivity index (χ0v) is 11.5. The van der Waals surface area contributed by atoms with Gasteiger partial charge in [-0.05, 0) is 13.3 Å². The van der Waals surface area contributed by atoms with E-state index in [4.69, 9.17) is 0 Å². The highest BCUT2D eigenvalue weighted by Crippen LogP contribution is 2.27. The Morgan fingerprint density at radius 1 is 1.15 bits per heavy atom. The van der Waals surface area contributed by atoms with Gasteiger partial charge < -0.3 is 5.32 Å². The highest BCUT2D eigenvalue weighted by molar-refractivity contribution is 7.09. The molecule has 0 fully saturated rings. The van der Waals surface area contributed by atoms with Crippen molar-refractivity contribution in [2.24, 2.45) is 0 Å². The second-order valence-electron chi connectivity index (χ2n) is 4.08. The van der Waals surface area contributed by atoms with Crippen molar-refractivity contribution in [3.05, 3.63) is 39.6 Å². The number of nitrogens with zero attached hydrogens (tertiary/aromatic N) is 2. The molecule has 2 rings (SSSR count). The summed E-state index contributed by atoms with van der Waals surface area (Å²) in [4.78, 5) is 6.73. The molecule has 0 radical (unpaired) electrons. The summed E-state index contributed by atoms with van der Waals surface area (Å²) < 4.78 is 52.9. The number of hydrogen-bond acceptors (Lipinski definition) is 4. The fraction of sp³-hybridized carbons (Fsp3) is 0.333. The van der Waals surface area contributed by atoms with Crippen molar-refractivity contribution in [3.63, 3.8) is 0 Å². The van der Waals surface area contributed by atoms with E-state index in [1.54, 1.807) is 12.3 Å². The molecule has 1 N–H and O–H groups in total. The van der Waals surface area contributed by atoms with Gasteiger partial charge in [0.25, 0.3) is 11.9 Å². The maximum atomic E-state index is 13.5. The molecule has 0 aliphatic carbocycles. The van der Waals surface area contributed by atoms with Gasteiger partial charge in [-0.25, -0.2) is 4.98 Å². The number of nitrogens with one attached hydrogen (secondary N) is 1. The first-order chi connectivity index (χ1) is 9.43. The SMILES string of the molecule is CCc1nc(C(C)Nc2c(F)c(F)nc(F)c2F)cs1. The fourth-order valence-corrected chi connectivity index (χ4v) is 2.43. The normalized spacial score (nSPS) is 12.5. The van der Waals surface area contributed by atoms with Gasteiger partial charge >= 0.3 is 0 Å². The van der Waals surface area contributed by atoms with Gasteiger partial charge in [0.15, 0.2) is 0 Å². The van der Waals surface area contributed by atoms with Crippen molar-refractivity contribution in [1.82, 2.24) is 9.97 Å². The zero-order valence-electron chi connectivity index (χ0n) is 10.7. The van der Waals surface area contributed by atoms with Gasteiger partial charge in [0.2, 0.25) is 11.6 Å². The van der Waals surface area contributed by atoms with Gasteiger partial charge in [-0.2, -0.15) is 22.5 Å². The van der Waals surface area contributed by atoms with E-state index in [2.05, 4.69) is 15.3 Å². The smallest absolute Gasteiger partial charge is 0.253 e. The molecule has 2 heterocycles. The Morgan fingerprint density at radius 3 is 2.25 bits per heavy atom. The number of aromatic nitrogens is 2. The number of aryl methyl sites for hydroxylation is 1. The maximum absolute atomic E-state index is 13.5. The van der Waals surface area contributed by atoms with Crippen LogP contribution in [0.15, 0.2) is 5.38 Å². The average molecular weight is 305 g/mol. The number of rotatable bonds is 4. The molecule has 0 amide bonds. The molecule has 0 saturated heterocycles. The topological polar surface area (TPSA) is 37.8 Å². The minimum absolute atomic E-state index is 0.545. The second kappa shape index (κ2) is 5.74. The molecular weight excluding hydrogens is 294 g/mol. The summed E-state index contributed by atoms with van der Waals surface area (Å²) in [6, 6.07) is -0.600. The monoisotopic (exact) mass is 305 g/mol. The van der Waals surface area contributed by atoms with E-state index in [-0.39, 0.29) is 0 Å². The lowest BCUT2D eigenvalue weighted by molar-refractivity contribution is 0.410. The Morgan fingerprint density at radius 2 is 1.75 bits per heavy atom. The van der Waals surface area contributed by atoms with E-state index in [0.29, 0.717) is 5.69 Å². The summed E-state index contributed by atoms with van der Waals surface area (Å²) in [5.41, 5.74) is -0.336. The highest BCUT2D eigenvalue weighted by Gasteiger charge is 2.22. The molecule has 8 heteroatoms. The summed E-state index contributed by atoms with van der Waals surface area (Å²) in [6.07, 6.45) is 0.735. The molecular formula is C12H11F4N3S. The third-order valence-electron chi connectivity index (χ3n) is 2.67. The third-order valence-corrected chi connectivity index (χ3v) is 3.69. The van der Waals surface area contributed by atoms with Crippen LogP contribution in [0.1, 0.15) is 30.6 Å². The van der Waals surface area contributed by atoms with Gasteiger partial charge in [0.1, 0.15) is 5.69 Å². The predicted molar refractivity (Wildman–Crippen MR) is 67.6 cm³/mol. The first kappa shape index (κ1) is 14.7. The molecule has 3 nitrogen and oxygen atoms in total. The van der Waals surface area contributed by atoms with E-state index in [1.165, 1.54) is 11.3 Å². The molecule has 2 aromatic heterocycles. The Kier molecular flexibility index (Phi) is 4.22. The van der Waals surface area contributed by atoms with Crippen molar-refractivity contribution in [1.29, 1.82) is 0 Å². The molecule has 0 spiro atoms. The number of hydrogen-bond donors (Lipinski definition) is 1. The molecule has 20 heavy (non-hydrogen) atoms. The second-order valence-corrected chi connectivity index (χ2v) is 5.02. The van der Waals surface area contributed by atoms with Crippen LogP contribution in [0.3, 0.4) is 0 Å². The lowest BCUT2D eigenvalue weighted by Gasteiger charge is -2.14. The zero-order chi connectivity index (χ0) is 14.9. The van der Waals surface area contributed by atoms with Gasteiger partial charge in [0, 0.05) is 5.38 Å². The van der Waals surface area contributed by atoms with Crippen molar-refractivity contribution >= 4 is 17.0 Å². The lowest BCUT2D eigenvalue weighted by Crippen LogP contribution is -2.13. The largest absolute Gasteiger partial charge is 0.372 e. The summed E-state index contributed by atoms with van der Waals surface area (Å²) in [5, 5.41) is 4.97. The van der Waals surface area contributed by atoms with Crippen molar-refractivity contribution in [2.45, 2.75) is 26.3 Å². The Bertz CT molecular complexity index is 603. The lowest BCUT2D eigenvalue weighted by atomic mass is 10.2. The van der Waals surface area contributed by atoms with Crippen LogP contribution in [-0.2, 0) is 6.42 Å². The van der Waals surface area contributed by atoms with Crippen LogP contribution < -0.4 is 5.32 Å². The molecule has 0 saturated carbocycles. The molecule has 0 aromatic carbocycles. The van der Waals surface area contributed by atoms with Crippen LogP contribution in [-0.4, -0.2) is 9.97 Å². The molecule has 0 aliphatic rings. The van der Waals surface area contributed by atoms with Gasteiger partial charge in [-0.15, -0.1) is 11.3 Å². The number of thiazole rings is 1. The minimum atomic E-state index is -1.69. The van der Waals surface area contributed by atoms with E-state index < -0.39 is 35.3 Å². The predicted octanol–water partition coefficient (Wildman–Crippen LogP) is 3.83. The van der Waals surface area contributed by atoms with E-state index in [0.717, 1.165) is 11.4 Å². The van der Waals surface area contributed by atoms with Crippen molar-refractivity contribution in [2.75, 3.05) is 5.32 Å². The van der Waals surface area contributed by atoms with Gasteiger partial charge in [-0.1, -0.05) is 6.92 Å². The third kappa shape index (κ3) is 2.74. The summed E-state index contributed by atoms with van der Waals surface area (Å²) in [7, 11) is 0. The quantitative estimate of drug-likeness (QED) is 0.689. The van der Waals surface area contributed by atoms with Crippen LogP contribution in [0.5, 0.6) is 0 Å². The molecule has 1 atom stereocenters. The van der Waals surface area contributed by atoms with Crippen LogP contribution in [0, 0.1) is 23.5 Å². The number of pyridine rings is 1. The van der Waals surface area contributed by atoms with Crippen LogP contribution >= 0.6 is 11.3 Å². The highest BCUT2D eigenvalue weighted by atomic mass is 32.1. The summed E-state index contributed by atoms with van der Waals surface area (Å²) in [5.74, 6) is -6.49. The van der Waals surface area contributed by atoms with Crippen LogP contribution in [0.4, 0.5) is 23.2 Å².